The first-order chi connectivity index (χ1) is 9.93. The topological polar surface area (TPSA) is 104 Å². The summed E-state index contributed by atoms with van der Waals surface area (Å²) in [6, 6.07) is 4.81. The molecule has 2 rings (SSSR count). The average molecular weight is 327 g/mol. The van der Waals surface area contributed by atoms with Crippen molar-refractivity contribution in [2.24, 2.45) is 0 Å². The lowest BCUT2D eigenvalue weighted by Gasteiger charge is -2.11. The van der Waals surface area contributed by atoms with Crippen molar-refractivity contribution in [3.63, 3.8) is 0 Å². The maximum Gasteiger partial charge on any atom is 0.357 e. The van der Waals surface area contributed by atoms with Gasteiger partial charge in [0.2, 0.25) is 5.95 Å². The monoisotopic (exact) mass is 326 g/mol. The second kappa shape index (κ2) is 6.15. The van der Waals surface area contributed by atoms with Crippen LogP contribution in [0.25, 0.3) is 11.1 Å². The molecule has 8 heteroatoms. The third-order valence-electron chi connectivity index (χ3n) is 2.63. The van der Waals surface area contributed by atoms with Gasteiger partial charge in [-0.1, -0.05) is 29.3 Å². The summed E-state index contributed by atoms with van der Waals surface area (Å²) in [6.45, 7) is 1.88. The highest BCUT2D eigenvalue weighted by Gasteiger charge is 2.21. The quantitative estimate of drug-likeness (QED) is 0.840. The molecule has 0 aliphatic carbocycles. The van der Waals surface area contributed by atoms with E-state index in [1.807, 2.05) is 0 Å². The second-order valence-corrected chi connectivity index (χ2v) is 4.85. The number of nitrogens with zero attached hydrogens (tertiary/aromatic N) is 2. The van der Waals surface area contributed by atoms with Crippen molar-refractivity contribution in [1.82, 2.24) is 9.97 Å². The van der Waals surface area contributed by atoms with Crippen LogP contribution >= 0.6 is 23.2 Å². The average Bonchev–Trinajstić information content (AvgIpc) is 2.41. The van der Waals surface area contributed by atoms with E-state index >= 15 is 0 Å². The van der Waals surface area contributed by atoms with Crippen molar-refractivity contribution < 1.29 is 9.53 Å². The van der Waals surface area contributed by atoms with Crippen LogP contribution in [-0.4, -0.2) is 22.5 Å². The fourth-order valence-electron chi connectivity index (χ4n) is 1.78. The molecule has 1 heterocycles. The highest BCUT2D eigenvalue weighted by Crippen LogP contribution is 2.33. The summed E-state index contributed by atoms with van der Waals surface area (Å²) in [5, 5.41) is 0.702. The van der Waals surface area contributed by atoms with Crippen molar-refractivity contribution in [2.45, 2.75) is 6.92 Å². The summed E-state index contributed by atoms with van der Waals surface area (Å²) in [4.78, 5) is 19.8. The van der Waals surface area contributed by atoms with E-state index in [1.165, 1.54) is 0 Å². The van der Waals surface area contributed by atoms with Gasteiger partial charge in [-0.25, -0.2) is 9.78 Å². The van der Waals surface area contributed by atoms with E-state index in [9.17, 15) is 4.79 Å². The van der Waals surface area contributed by atoms with Gasteiger partial charge >= 0.3 is 5.97 Å². The first kappa shape index (κ1) is 15.3. The van der Waals surface area contributed by atoms with Gasteiger partial charge in [0, 0.05) is 0 Å². The van der Waals surface area contributed by atoms with Crippen LogP contribution in [0.1, 0.15) is 17.4 Å². The Morgan fingerprint density at radius 1 is 1.24 bits per heavy atom. The minimum absolute atomic E-state index is 0.0137. The molecular formula is C13H12Cl2N4O2. The van der Waals surface area contributed by atoms with Gasteiger partial charge in [-0.3, -0.25) is 0 Å². The summed E-state index contributed by atoms with van der Waals surface area (Å²) < 4.78 is 4.95. The molecule has 0 spiro atoms. The third kappa shape index (κ3) is 3.17. The zero-order valence-electron chi connectivity index (χ0n) is 11.1. The van der Waals surface area contributed by atoms with Crippen molar-refractivity contribution in [3.05, 3.63) is 33.9 Å². The van der Waals surface area contributed by atoms with Gasteiger partial charge in [-0.15, -0.1) is 0 Å². The Bertz CT molecular complexity index is 707. The lowest BCUT2D eigenvalue weighted by atomic mass is 10.0. The van der Waals surface area contributed by atoms with Crippen LogP contribution in [-0.2, 0) is 4.74 Å². The Balaban J connectivity index is 2.66. The lowest BCUT2D eigenvalue weighted by molar-refractivity contribution is 0.0520. The van der Waals surface area contributed by atoms with Crippen LogP contribution in [0.15, 0.2) is 18.2 Å². The summed E-state index contributed by atoms with van der Waals surface area (Å²) in [7, 11) is 0. The largest absolute Gasteiger partial charge is 0.461 e. The van der Waals surface area contributed by atoms with Crippen LogP contribution in [0.5, 0.6) is 0 Å². The van der Waals surface area contributed by atoms with Crippen LogP contribution < -0.4 is 11.5 Å². The molecule has 1 aromatic heterocycles. The highest BCUT2D eigenvalue weighted by molar-refractivity contribution is 6.42. The van der Waals surface area contributed by atoms with E-state index in [2.05, 4.69) is 9.97 Å². The second-order valence-electron chi connectivity index (χ2n) is 4.04. The van der Waals surface area contributed by atoms with Crippen LogP contribution in [0.4, 0.5) is 11.8 Å². The Hall–Kier alpha value is -2.05. The van der Waals surface area contributed by atoms with Crippen molar-refractivity contribution in [1.29, 1.82) is 0 Å². The van der Waals surface area contributed by atoms with Crippen LogP contribution in [0.2, 0.25) is 10.0 Å². The zero-order valence-corrected chi connectivity index (χ0v) is 12.6. The number of hydrogen-bond donors (Lipinski definition) is 2. The van der Waals surface area contributed by atoms with Crippen LogP contribution in [0, 0.1) is 0 Å². The molecule has 0 atom stereocenters. The van der Waals surface area contributed by atoms with E-state index in [0.717, 1.165) is 0 Å². The zero-order chi connectivity index (χ0) is 15.6. The van der Waals surface area contributed by atoms with E-state index in [4.69, 9.17) is 39.4 Å². The third-order valence-corrected chi connectivity index (χ3v) is 3.37. The SMILES string of the molecule is CCOC(=O)c1nc(N)nc(N)c1-c1ccc(Cl)c(Cl)c1. The number of rotatable bonds is 3. The van der Waals surface area contributed by atoms with E-state index in [1.54, 1.807) is 25.1 Å². The number of esters is 1. The predicted octanol–water partition coefficient (Wildman–Crippen LogP) is 2.79. The van der Waals surface area contributed by atoms with Crippen LogP contribution in [0.3, 0.4) is 0 Å². The molecule has 0 saturated heterocycles. The molecule has 0 bridgehead atoms. The standard InChI is InChI=1S/C13H12Cl2N4O2/c1-2-21-12(20)10-9(11(16)19-13(17)18-10)6-3-4-7(14)8(15)5-6/h3-5H,2H2,1H3,(H4,16,17,18,19). The minimum atomic E-state index is -0.639. The molecular weight excluding hydrogens is 315 g/mol. The molecule has 6 nitrogen and oxygen atoms in total. The van der Waals surface area contributed by atoms with E-state index in [-0.39, 0.29) is 24.1 Å². The van der Waals surface area contributed by atoms with Gasteiger partial charge in [0.25, 0.3) is 0 Å². The fraction of sp³-hybridized carbons (Fsp3) is 0.154. The molecule has 0 saturated carbocycles. The van der Waals surface area contributed by atoms with Gasteiger partial charge in [0.15, 0.2) is 5.69 Å². The number of nitrogen functional groups attached to an aromatic ring is 2. The number of hydrogen-bond acceptors (Lipinski definition) is 6. The molecule has 0 amide bonds. The highest BCUT2D eigenvalue weighted by atomic mass is 35.5. The molecule has 0 aliphatic rings. The Labute approximate surface area is 131 Å². The normalized spacial score (nSPS) is 10.4. The molecule has 0 radical (unpaired) electrons. The first-order valence-electron chi connectivity index (χ1n) is 5.99. The summed E-state index contributed by atoms with van der Waals surface area (Å²) >= 11 is 11.9. The number of aromatic nitrogens is 2. The Morgan fingerprint density at radius 2 is 1.95 bits per heavy atom. The number of carbonyl (C=O) groups is 1. The van der Waals surface area contributed by atoms with Gasteiger partial charge in [-0.05, 0) is 24.6 Å². The number of anilines is 2. The van der Waals surface area contributed by atoms with Crippen molar-refractivity contribution >= 4 is 40.9 Å². The van der Waals surface area contributed by atoms with Crippen molar-refractivity contribution in [3.8, 4) is 11.1 Å². The number of halogens is 2. The van der Waals surface area contributed by atoms with Gasteiger partial charge in [0.05, 0.1) is 22.2 Å². The van der Waals surface area contributed by atoms with E-state index in [0.29, 0.717) is 21.2 Å². The van der Waals surface area contributed by atoms with Gasteiger partial charge in [0.1, 0.15) is 5.82 Å². The van der Waals surface area contributed by atoms with Gasteiger partial charge in [-0.2, -0.15) is 4.98 Å². The lowest BCUT2D eigenvalue weighted by Crippen LogP contribution is -2.14. The Kier molecular flexibility index (Phi) is 4.50. The number of ether oxygens (including phenoxy) is 1. The summed E-state index contributed by atoms with van der Waals surface area (Å²) in [5.74, 6) is -0.692. The first-order valence-corrected chi connectivity index (χ1v) is 6.75. The molecule has 110 valence electrons. The predicted molar refractivity (Wildman–Crippen MR) is 82.3 cm³/mol. The fourth-order valence-corrected chi connectivity index (χ4v) is 2.08. The molecule has 21 heavy (non-hydrogen) atoms. The maximum atomic E-state index is 12.0. The number of carbonyl (C=O) groups excluding carboxylic acids is 1. The Morgan fingerprint density at radius 3 is 2.57 bits per heavy atom. The molecule has 2 aromatic rings. The molecule has 0 unspecified atom stereocenters. The molecule has 4 N–H and O–H groups in total. The smallest absolute Gasteiger partial charge is 0.357 e. The van der Waals surface area contributed by atoms with Gasteiger partial charge < -0.3 is 16.2 Å². The summed E-state index contributed by atoms with van der Waals surface area (Å²) in [5.41, 5.74) is 12.2. The molecule has 0 aliphatic heterocycles. The number of benzene rings is 1. The number of nitrogens with two attached hydrogens (primary N) is 2. The minimum Gasteiger partial charge on any atom is -0.461 e. The molecule has 0 fully saturated rings. The molecule has 1 aromatic carbocycles. The van der Waals surface area contributed by atoms with Crippen molar-refractivity contribution in [2.75, 3.05) is 18.1 Å². The maximum absolute atomic E-state index is 12.0. The summed E-state index contributed by atoms with van der Waals surface area (Å²) in [6.07, 6.45) is 0. The van der Waals surface area contributed by atoms with E-state index < -0.39 is 5.97 Å².